The van der Waals surface area contributed by atoms with Gasteiger partial charge in [-0.25, -0.2) is 0 Å². The maximum absolute atomic E-state index is 12.4. The average molecular weight is 382 g/mol. The minimum absolute atomic E-state index is 0.276. The monoisotopic (exact) mass is 382 g/mol. The summed E-state index contributed by atoms with van der Waals surface area (Å²) in [6, 6.07) is -0.572. The van der Waals surface area contributed by atoms with Crippen molar-refractivity contribution in [2.24, 2.45) is 0 Å². The van der Waals surface area contributed by atoms with Gasteiger partial charge in [0.25, 0.3) is 0 Å². The largest absolute Gasteiger partial charge is 0.549 e. The Kier molecular flexibility index (Phi) is 4.28. The van der Waals surface area contributed by atoms with Gasteiger partial charge < -0.3 is 30.0 Å². The maximum Gasteiger partial charge on any atom is 0.249 e. The van der Waals surface area contributed by atoms with Crippen molar-refractivity contribution >= 4 is 46.9 Å². The van der Waals surface area contributed by atoms with Crippen LogP contribution in [0.5, 0.6) is 0 Å². The van der Waals surface area contributed by atoms with E-state index < -0.39 is 51.9 Å². The first-order valence-electron chi connectivity index (χ1n) is 7.39. The summed E-state index contributed by atoms with van der Waals surface area (Å²) in [7, 11) is 0. The first kappa shape index (κ1) is 17.7. The van der Waals surface area contributed by atoms with Gasteiger partial charge in [0.2, 0.25) is 11.8 Å². The lowest BCUT2D eigenvalue weighted by molar-refractivity contribution is -0.312. The second kappa shape index (κ2) is 6.03. The number of carboxylic acids is 2. The lowest BCUT2D eigenvalue weighted by Gasteiger charge is -2.45. The van der Waals surface area contributed by atoms with Crippen LogP contribution in [-0.2, 0) is 19.2 Å². The highest BCUT2D eigenvalue weighted by atomic mass is 32.2. The number of hydrogen-bond acceptors (Lipinski definition) is 8. The minimum Gasteiger partial charge on any atom is -0.549 e. The molecule has 0 saturated carbocycles. The molecule has 4 atom stereocenters. The molecule has 0 aromatic carbocycles. The molecule has 8 nitrogen and oxygen atoms in total. The van der Waals surface area contributed by atoms with Crippen LogP contribution >= 0.6 is 23.1 Å². The topological polar surface area (TPSA) is 130 Å². The van der Waals surface area contributed by atoms with Gasteiger partial charge in [0, 0.05) is 4.75 Å². The number of amides is 2. The number of carbonyl (C=O) groups excluding carboxylic acids is 4. The van der Waals surface area contributed by atoms with Gasteiger partial charge in [0.05, 0.1) is 18.0 Å². The zero-order chi connectivity index (χ0) is 18.5. The van der Waals surface area contributed by atoms with Gasteiger partial charge in [0.15, 0.2) is 0 Å². The summed E-state index contributed by atoms with van der Waals surface area (Å²) < 4.78 is -0.778. The number of rotatable bonds is 5. The fourth-order valence-electron chi connectivity index (χ4n) is 3.20. The minimum atomic E-state index is -1.56. The number of thioether (sulfide) groups is 1. The van der Waals surface area contributed by atoms with Crippen molar-refractivity contribution in [3.8, 4) is 0 Å². The Morgan fingerprint density at radius 3 is 2.52 bits per heavy atom. The molecule has 1 aromatic heterocycles. The number of thiophene rings is 1. The number of β-lactam (4-membered cyclic amide) rings is 1. The number of nitrogens with zero attached hydrogens (tertiary/aromatic N) is 1. The first-order chi connectivity index (χ1) is 11.6. The molecular formula is C15H14N2O6S2-2. The first-order valence-corrected chi connectivity index (χ1v) is 9.21. The van der Waals surface area contributed by atoms with Gasteiger partial charge in [-0.2, -0.15) is 11.3 Å². The standard InChI is InChI=1S/C15H16N2O6S2/c1-15(2)9(14(22)23)17-11(19)8(12(17)25-15)16-10(18)7(13(20)21)6-3-4-24-5-6/h3-5,7-9,12H,1-2H3,(H,16,18)(H,20,21)(H,22,23)/p-2/t7-,8+,9-,12-/m1/s1. The van der Waals surface area contributed by atoms with Crippen molar-refractivity contribution in [2.75, 3.05) is 0 Å². The molecule has 2 aliphatic heterocycles. The number of nitrogens with one attached hydrogen (secondary N) is 1. The summed E-state index contributed by atoms with van der Waals surface area (Å²) >= 11 is 2.47. The van der Waals surface area contributed by atoms with Crippen LogP contribution in [0.2, 0.25) is 0 Å². The molecule has 3 rings (SSSR count). The van der Waals surface area contributed by atoms with E-state index in [2.05, 4.69) is 5.32 Å². The number of aliphatic carboxylic acids is 2. The summed E-state index contributed by atoms with van der Waals surface area (Å²) in [5.74, 6) is -5.86. The van der Waals surface area contributed by atoms with E-state index in [4.69, 9.17) is 0 Å². The third kappa shape index (κ3) is 2.78. The molecule has 134 valence electrons. The highest BCUT2D eigenvalue weighted by Crippen LogP contribution is 2.50. The van der Waals surface area contributed by atoms with Gasteiger partial charge in [-0.3, -0.25) is 9.59 Å². The van der Waals surface area contributed by atoms with Crippen LogP contribution in [-0.4, -0.2) is 50.9 Å². The van der Waals surface area contributed by atoms with Crippen molar-refractivity contribution in [1.82, 2.24) is 10.2 Å². The molecule has 25 heavy (non-hydrogen) atoms. The molecular weight excluding hydrogens is 368 g/mol. The third-order valence-electron chi connectivity index (χ3n) is 4.34. The van der Waals surface area contributed by atoms with E-state index in [0.717, 1.165) is 0 Å². The number of carbonyl (C=O) groups is 4. The molecule has 0 spiro atoms. The quantitative estimate of drug-likeness (QED) is 0.455. The summed E-state index contributed by atoms with van der Waals surface area (Å²) in [6.07, 6.45) is 0. The van der Waals surface area contributed by atoms with E-state index in [1.807, 2.05) is 0 Å². The second-order valence-corrected chi connectivity index (χ2v) is 8.92. The Morgan fingerprint density at radius 1 is 1.32 bits per heavy atom. The SMILES string of the molecule is CC1(C)S[C@@H]2[C@@H](NC(=O)[C@H](C(=O)[O-])c3ccsc3)C(=O)N2[C@@H]1C(=O)[O-]. The molecule has 0 unspecified atom stereocenters. The molecule has 1 aromatic rings. The number of hydrogen-bond donors (Lipinski definition) is 1. The number of fused-ring (bicyclic) bond motifs is 1. The van der Waals surface area contributed by atoms with Gasteiger partial charge in [-0.05, 0) is 36.2 Å². The molecule has 0 radical (unpaired) electrons. The van der Waals surface area contributed by atoms with Crippen LogP contribution in [0, 0.1) is 0 Å². The second-order valence-electron chi connectivity index (χ2n) is 6.37. The third-order valence-corrected chi connectivity index (χ3v) is 6.61. The molecule has 1 N–H and O–H groups in total. The molecule has 2 saturated heterocycles. The predicted octanol–water partition coefficient (Wildman–Crippen LogP) is -2.12. The van der Waals surface area contributed by atoms with Gasteiger partial charge in [-0.15, -0.1) is 11.8 Å². The highest BCUT2D eigenvalue weighted by Gasteiger charge is 2.62. The van der Waals surface area contributed by atoms with Crippen molar-refractivity contribution in [3.05, 3.63) is 22.4 Å². The Balaban J connectivity index is 1.77. The van der Waals surface area contributed by atoms with Crippen LogP contribution < -0.4 is 15.5 Å². The summed E-state index contributed by atoms with van der Waals surface area (Å²) in [6.45, 7) is 3.36. The molecule has 2 amide bonds. The molecule has 0 bridgehead atoms. The predicted molar refractivity (Wildman–Crippen MR) is 85.1 cm³/mol. The zero-order valence-corrected chi connectivity index (χ0v) is 14.9. The lowest BCUT2D eigenvalue weighted by Crippen LogP contribution is -2.72. The van der Waals surface area contributed by atoms with Crippen molar-refractivity contribution in [1.29, 1.82) is 0 Å². The summed E-state index contributed by atoms with van der Waals surface area (Å²) in [5.41, 5.74) is 0.276. The Bertz CT molecular complexity index is 747. The Hall–Kier alpha value is -2.07. The van der Waals surface area contributed by atoms with Crippen LogP contribution in [0.4, 0.5) is 0 Å². The Labute approximate surface area is 151 Å². The normalized spacial score (nSPS) is 28.0. The fourth-order valence-corrected chi connectivity index (χ4v) is 5.50. The van der Waals surface area contributed by atoms with Crippen LogP contribution in [0.25, 0.3) is 0 Å². The zero-order valence-electron chi connectivity index (χ0n) is 13.3. The highest BCUT2D eigenvalue weighted by molar-refractivity contribution is 8.01. The van der Waals surface area contributed by atoms with Gasteiger partial charge >= 0.3 is 0 Å². The van der Waals surface area contributed by atoms with Crippen LogP contribution in [0.1, 0.15) is 25.3 Å². The van der Waals surface area contributed by atoms with Crippen molar-refractivity contribution < 1.29 is 29.4 Å². The van der Waals surface area contributed by atoms with Crippen molar-refractivity contribution in [3.63, 3.8) is 0 Å². The van der Waals surface area contributed by atoms with Crippen molar-refractivity contribution in [2.45, 2.75) is 42.0 Å². The van der Waals surface area contributed by atoms with Gasteiger partial charge in [0.1, 0.15) is 17.3 Å². The van der Waals surface area contributed by atoms with E-state index >= 15 is 0 Å². The maximum atomic E-state index is 12.4. The van der Waals surface area contributed by atoms with Crippen LogP contribution in [0.3, 0.4) is 0 Å². The average Bonchev–Trinajstić information content (AvgIpc) is 3.09. The molecule has 10 heteroatoms. The summed E-state index contributed by atoms with van der Waals surface area (Å²) in [5, 5.41) is 27.7. The van der Waals surface area contributed by atoms with E-state index in [1.165, 1.54) is 39.4 Å². The van der Waals surface area contributed by atoms with Gasteiger partial charge in [-0.1, -0.05) is 0 Å². The fraction of sp³-hybridized carbons (Fsp3) is 0.467. The van der Waals surface area contributed by atoms with E-state index in [9.17, 15) is 29.4 Å². The molecule has 2 fully saturated rings. The van der Waals surface area contributed by atoms with E-state index in [-0.39, 0.29) is 5.56 Å². The Morgan fingerprint density at radius 2 is 2.00 bits per heavy atom. The van der Waals surface area contributed by atoms with Crippen LogP contribution in [0.15, 0.2) is 16.8 Å². The van der Waals surface area contributed by atoms with E-state index in [1.54, 1.807) is 19.2 Å². The summed E-state index contributed by atoms with van der Waals surface area (Å²) in [4.78, 5) is 48.5. The molecule has 3 heterocycles. The smallest absolute Gasteiger partial charge is 0.249 e. The molecule has 2 aliphatic rings. The number of carboxylic acid groups (broad SMARTS) is 2. The molecule has 0 aliphatic carbocycles. The lowest BCUT2D eigenvalue weighted by atomic mass is 9.95. The van der Waals surface area contributed by atoms with E-state index in [0.29, 0.717) is 0 Å².